The van der Waals surface area contributed by atoms with Crippen LogP contribution in [0.4, 0.5) is 0 Å². The van der Waals surface area contributed by atoms with E-state index < -0.39 is 8.32 Å². The molecule has 0 spiro atoms. The highest BCUT2D eigenvalue weighted by Gasteiger charge is 2.32. The molecular formula is C6H20O2Si2. The summed E-state index contributed by atoms with van der Waals surface area (Å²) in [6.07, 6.45) is 0. The van der Waals surface area contributed by atoms with Crippen molar-refractivity contribution < 1.29 is 9.59 Å². The van der Waals surface area contributed by atoms with Crippen LogP contribution in [-0.4, -0.2) is 28.4 Å². The van der Waals surface area contributed by atoms with Gasteiger partial charge in [-0.15, -0.1) is 0 Å². The number of hydrogen-bond acceptors (Lipinski definition) is 2. The van der Waals surface area contributed by atoms with Gasteiger partial charge in [-0.05, 0) is 18.1 Å². The molecule has 4 heteroatoms. The molecule has 2 nitrogen and oxygen atoms in total. The van der Waals surface area contributed by atoms with E-state index in [9.17, 15) is 4.80 Å². The molecular weight excluding hydrogens is 160 g/mol. The standard InChI is InChI=1S/C6H16OSi.H4OSi/c1-6(2,3)8(4,5)7;1-2/h7H,1-5H3;1H,2H3. The Morgan fingerprint density at radius 3 is 1.20 bits per heavy atom. The largest absolute Gasteiger partial charge is 0.442 e. The van der Waals surface area contributed by atoms with Crippen LogP contribution in [0, 0.1) is 0 Å². The highest BCUT2D eigenvalue weighted by atomic mass is 28.4. The first-order chi connectivity index (χ1) is 4.25. The Labute approximate surface area is 68.0 Å². The molecule has 0 fully saturated rings. The molecule has 10 heavy (non-hydrogen) atoms. The lowest BCUT2D eigenvalue weighted by Crippen LogP contribution is -2.36. The summed E-state index contributed by atoms with van der Waals surface area (Å²) in [5.41, 5.74) is 0. The maximum Gasteiger partial charge on any atom is 0.187 e. The predicted molar refractivity (Wildman–Crippen MR) is 51.6 cm³/mol. The van der Waals surface area contributed by atoms with Gasteiger partial charge in [0.1, 0.15) is 10.5 Å². The van der Waals surface area contributed by atoms with Crippen molar-refractivity contribution in [3.05, 3.63) is 0 Å². The van der Waals surface area contributed by atoms with Gasteiger partial charge in [0, 0.05) is 0 Å². The first-order valence-electron chi connectivity index (χ1n) is 3.42. The van der Waals surface area contributed by atoms with Gasteiger partial charge in [0.15, 0.2) is 8.32 Å². The molecule has 0 aromatic carbocycles. The molecule has 0 saturated heterocycles. The zero-order valence-corrected chi connectivity index (χ0v) is 10.9. The molecule has 0 bridgehead atoms. The smallest absolute Gasteiger partial charge is 0.187 e. The Balaban J connectivity index is 0. The molecule has 0 aromatic heterocycles. The summed E-state index contributed by atoms with van der Waals surface area (Å²) in [4.78, 5) is 16.6. The summed E-state index contributed by atoms with van der Waals surface area (Å²) in [6, 6.07) is 0. The van der Waals surface area contributed by atoms with Crippen LogP contribution in [0.3, 0.4) is 0 Å². The van der Waals surface area contributed by atoms with Crippen LogP contribution in [0.2, 0.25) is 18.1 Å². The van der Waals surface area contributed by atoms with Crippen LogP contribution in [0.5, 0.6) is 0 Å². The van der Waals surface area contributed by atoms with Gasteiger partial charge in [0.25, 0.3) is 0 Å². The van der Waals surface area contributed by atoms with Crippen molar-refractivity contribution in [2.24, 2.45) is 0 Å². The molecule has 2 N–H and O–H groups in total. The Morgan fingerprint density at radius 1 is 1.10 bits per heavy atom. The van der Waals surface area contributed by atoms with Gasteiger partial charge in [-0.25, -0.2) is 0 Å². The van der Waals surface area contributed by atoms with Gasteiger partial charge in [-0.3, -0.25) is 0 Å². The van der Waals surface area contributed by atoms with Crippen LogP contribution in [0.25, 0.3) is 0 Å². The molecule has 0 aliphatic heterocycles. The third-order valence-electron chi connectivity index (χ3n) is 1.84. The third kappa shape index (κ3) is 5.16. The van der Waals surface area contributed by atoms with Crippen molar-refractivity contribution >= 4 is 18.8 Å². The van der Waals surface area contributed by atoms with Crippen LogP contribution in [-0.2, 0) is 0 Å². The van der Waals surface area contributed by atoms with E-state index in [2.05, 4.69) is 20.8 Å². The first kappa shape index (κ1) is 13.0. The van der Waals surface area contributed by atoms with Crippen LogP contribution in [0.15, 0.2) is 0 Å². The highest BCUT2D eigenvalue weighted by Crippen LogP contribution is 2.33. The molecule has 0 amide bonds. The van der Waals surface area contributed by atoms with E-state index in [-0.39, 0.29) is 5.04 Å². The lowest BCUT2D eigenvalue weighted by molar-refractivity contribution is 0.487. The average molecular weight is 180 g/mol. The summed E-state index contributed by atoms with van der Waals surface area (Å²) in [5, 5.41) is 0.132. The Hall–Kier alpha value is 0.354. The Bertz CT molecular complexity index is 68.7. The maximum absolute atomic E-state index is 9.49. The fourth-order valence-electron chi connectivity index (χ4n) is 0. The third-order valence-corrected chi connectivity index (χ3v) is 5.51. The minimum atomic E-state index is -1.86. The van der Waals surface area contributed by atoms with E-state index in [0.717, 1.165) is 0 Å². The van der Waals surface area contributed by atoms with Gasteiger partial charge < -0.3 is 9.59 Å². The van der Waals surface area contributed by atoms with Crippen molar-refractivity contribution in [2.45, 2.75) is 38.9 Å². The molecule has 0 unspecified atom stereocenters. The fraction of sp³-hybridized carbons (Fsp3) is 1.00. The van der Waals surface area contributed by atoms with Gasteiger partial charge in [0.2, 0.25) is 0 Å². The molecule has 0 radical (unpaired) electrons. The molecule has 0 aromatic rings. The average Bonchev–Trinajstić information content (AvgIpc) is 1.66. The van der Waals surface area contributed by atoms with Gasteiger partial charge >= 0.3 is 0 Å². The summed E-state index contributed by atoms with van der Waals surface area (Å²) in [5.74, 6) is 0. The Morgan fingerprint density at radius 2 is 1.20 bits per heavy atom. The lowest BCUT2D eigenvalue weighted by atomic mass is 10.2. The zero-order chi connectivity index (χ0) is 9.00. The van der Waals surface area contributed by atoms with Gasteiger partial charge in [-0.1, -0.05) is 20.8 Å². The van der Waals surface area contributed by atoms with E-state index in [1.54, 1.807) is 0 Å². The van der Waals surface area contributed by atoms with Crippen molar-refractivity contribution in [3.8, 4) is 0 Å². The van der Waals surface area contributed by atoms with Crippen molar-refractivity contribution in [2.75, 3.05) is 0 Å². The SMILES string of the molecule is CC(C)(C)[Si](C)(C)O.O[SiH3]. The topological polar surface area (TPSA) is 40.5 Å². The van der Waals surface area contributed by atoms with Gasteiger partial charge in [0.05, 0.1) is 0 Å². The molecule has 0 atom stereocenters. The molecule has 0 aliphatic carbocycles. The quantitative estimate of drug-likeness (QED) is 0.525. The van der Waals surface area contributed by atoms with Crippen LogP contribution in [0.1, 0.15) is 20.8 Å². The zero-order valence-electron chi connectivity index (χ0n) is 7.89. The van der Waals surface area contributed by atoms with Gasteiger partial charge in [-0.2, -0.15) is 0 Å². The van der Waals surface area contributed by atoms with E-state index in [1.165, 1.54) is 0 Å². The summed E-state index contributed by atoms with van der Waals surface area (Å²) in [7, 11) is -1.55. The van der Waals surface area contributed by atoms with E-state index in [0.29, 0.717) is 10.5 Å². The molecule has 0 heterocycles. The molecule has 0 rings (SSSR count). The minimum absolute atomic E-state index is 0.132. The summed E-state index contributed by atoms with van der Waals surface area (Å²) in [6.45, 7) is 10.2. The van der Waals surface area contributed by atoms with E-state index >= 15 is 0 Å². The minimum Gasteiger partial charge on any atom is -0.442 e. The first-order valence-corrected chi connectivity index (χ1v) is 7.26. The fourth-order valence-corrected chi connectivity index (χ4v) is 0. The molecule has 0 aliphatic rings. The second-order valence-electron chi connectivity index (χ2n) is 3.81. The second-order valence-corrected chi connectivity index (χ2v) is 8.43. The van der Waals surface area contributed by atoms with Crippen molar-refractivity contribution in [3.63, 3.8) is 0 Å². The van der Waals surface area contributed by atoms with Crippen molar-refractivity contribution in [1.82, 2.24) is 0 Å². The number of rotatable bonds is 0. The summed E-state index contributed by atoms with van der Waals surface area (Å²) >= 11 is 0. The highest BCUT2D eigenvalue weighted by molar-refractivity contribution is 6.72. The Kier molecular flexibility index (Phi) is 5.55. The molecule has 64 valence electrons. The predicted octanol–water partition coefficient (Wildman–Crippen LogP) is 0.243. The van der Waals surface area contributed by atoms with Crippen molar-refractivity contribution in [1.29, 1.82) is 0 Å². The maximum atomic E-state index is 9.49. The van der Waals surface area contributed by atoms with E-state index in [4.69, 9.17) is 4.80 Å². The number of hydrogen-bond donors (Lipinski definition) is 2. The van der Waals surface area contributed by atoms with Crippen LogP contribution >= 0.6 is 0 Å². The lowest BCUT2D eigenvalue weighted by Gasteiger charge is -2.30. The second kappa shape index (κ2) is 4.28. The van der Waals surface area contributed by atoms with Crippen LogP contribution < -0.4 is 0 Å². The normalized spacial score (nSPS) is 12.3. The van der Waals surface area contributed by atoms with E-state index in [1.807, 2.05) is 13.1 Å². The summed E-state index contributed by atoms with van der Waals surface area (Å²) < 4.78 is 0. The monoisotopic (exact) mass is 180 g/mol. The molecule has 0 saturated carbocycles.